The SMILES string of the molecule is O=C(C1C2CN(Cc3ccccc3)CC21)N1CC(F)(F)C1. The molecule has 112 valence electrons. The molecular formula is C16H18F2N2O. The van der Waals surface area contributed by atoms with Crippen LogP contribution >= 0.6 is 0 Å². The number of amides is 1. The maximum absolute atomic E-state index is 12.8. The Kier molecular flexibility index (Phi) is 2.83. The van der Waals surface area contributed by atoms with Crippen molar-refractivity contribution < 1.29 is 13.6 Å². The van der Waals surface area contributed by atoms with Gasteiger partial charge in [-0.25, -0.2) is 8.78 Å². The normalized spacial score (nSPS) is 33.4. The van der Waals surface area contributed by atoms with Gasteiger partial charge in [-0.2, -0.15) is 0 Å². The number of rotatable bonds is 3. The quantitative estimate of drug-likeness (QED) is 0.849. The molecule has 3 nitrogen and oxygen atoms in total. The Morgan fingerprint density at radius 3 is 2.33 bits per heavy atom. The topological polar surface area (TPSA) is 23.6 Å². The van der Waals surface area contributed by atoms with Gasteiger partial charge in [-0.15, -0.1) is 0 Å². The molecule has 0 bridgehead atoms. The van der Waals surface area contributed by atoms with Gasteiger partial charge < -0.3 is 4.90 Å². The van der Waals surface area contributed by atoms with E-state index >= 15 is 0 Å². The molecule has 3 fully saturated rings. The second kappa shape index (κ2) is 4.50. The van der Waals surface area contributed by atoms with Crippen molar-refractivity contribution in [3.8, 4) is 0 Å². The lowest BCUT2D eigenvalue weighted by atomic mass is 10.1. The van der Waals surface area contributed by atoms with Crippen LogP contribution in [0.25, 0.3) is 0 Å². The van der Waals surface area contributed by atoms with E-state index in [0.717, 1.165) is 19.6 Å². The van der Waals surface area contributed by atoms with Crippen molar-refractivity contribution in [3.05, 3.63) is 35.9 Å². The van der Waals surface area contributed by atoms with E-state index in [2.05, 4.69) is 17.0 Å². The summed E-state index contributed by atoms with van der Waals surface area (Å²) in [5.74, 6) is -1.92. The molecule has 1 saturated carbocycles. The number of nitrogens with zero attached hydrogens (tertiary/aromatic N) is 2. The summed E-state index contributed by atoms with van der Waals surface area (Å²) < 4.78 is 25.6. The number of hydrogen-bond acceptors (Lipinski definition) is 2. The zero-order chi connectivity index (χ0) is 14.6. The second-order valence-electron chi connectivity index (χ2n) is 6.58. The number of halogens is 2. The van der Waals surface area contributed by atoms with Crippen molar-refractivity contribution in [3.63, 3.8) is 0 Å². The van der Waals surface area contributed by atoms with Crippen molar-refractivity contribution in [2.75, 3.05) is 26.2 Å². The zero-order valence-corrected chi connectivity index (χ0v) is 11.7. The fourth-order valence-electron chi connectivity index (χ4n) is 3.83. The summed E-state index contributed by atoms with van der Waals surface area (Å²) in [6.45, 7) is 1.99. The van der Waals surface area contributed by atoms with E-state index in [1.165, 1.54) is 10.5 Å². The van der Waals surface area contributed by atoms with E-state index in [1.54, 1.807) is 0 Å². The molecular weight excluding hydrogens is 274 g/mol. The molecule has 2 heterocycles. The molecule has 2 unspecified atom stereocenters. The van der Waals surface area contributed by atoms with Crippen LogP contribution in [0.2, 0.25) is 0 Å². The monoisotopic (exact) mass is 292 g/mol. The Morgan fingerprint density at radius 2 is 1.76 bits per heavy atom. The number of piperidine rings is 1. The summed E-state index contributed by atoms with van der Waals surface area (Å²) in [6, 6.07) is 10.3. The first-order valence-electron chi connectivity index (χ1n) is 7.46. The first-order valence-corrected chi connectivity index (χ1v) is 7.46. The molecule has 1 aliphatic carbocycles. The van der Waals surface area contributed by atoms with Crippen LogP contribution < -0.4 is 0 Å². The molecule has 3 aliphatic rings. The summed E-state index contributed by atoms with van der Waals surface area (Å²) in [5.41, 5.74) is 1.28. The fraction of sp³-hybridized carbons (Fsp3) is 0.562. The summed E-state index contributed by atoms with van der Waals surface area (Å²) in [5, 5.41) is 0. The molecule has 1 aromatic carbocycles. The number of fused-ring (bicyclic) bond motifs is 1. The maximum atomic E-state index is 12.8. The van der Waals surface area contributed by atoms with E-state index in [-0.39, 0.29) is 24.9 Å². The van der Waals surface area contributed by atoms with Crippen molar-refractivity contribution in [1.82, 2.24) is 9.80 Å². The Labute approximate surface area is 122 Å². The summed E-state index contributed by atoms with van der Waals surface area (Å²) in [7, 11) is 0. The highest BCUT2D eigenvalue weighted by atomic mass is 19.3. The van der Waals surface area contributed by atoms with Crippen LogP contribution in [0.4, 0.5) is 8.78 Å². The van der Waals surface area contributed by atoms with Crippen LogP contribution in [-0.2, 0) is 11.3 Å². The van der Waals surface area contributed by atoms with Crippen LogP contribution in [0.15, 0.2) is 30.3 Å². The molecule has 0 N–H and O–H groups in total. The number of benzene rings is 1. The minimum atomic E-state index is -2.65. The smallest absolute Gasteiger partial charge is 0.282 e. The van der Waals surface area contributed by atoms with Crippen molar-refractivity contribution in [2.24, 2.45) is 17.8 Å². The number of carbonyl (C=O) groups excluding carboxylic acids is 1. The molecule has 2 aliphatic heterocycles. The van der Waals surface area contributed by atoms with Gasteiger partial charge in [0.1, 0.15) is 0 Å². The first-order chi connectivity index (χ1) is 10.0. The van der Waals surface area contributed by atoms with E-state index in [9.17, 15) is 13.6 Å². The third-order valence-corrected chi connectivity index (χ3v) is 4.96. The van der Waals surface area contributed by atoms with E-state index < -0.39 is 5.92 Å². The number of alkyl halides is 2. The van der Waals surface area contributed by atoms with Crippen molar-refractivity contribution >= 4 is 5.91 Å². The summed E-state index contributed by atoms with van der Waals surface area (Å²) in [4.78, 5) is 15.8. The Balaban J connectivity index is 1.29. The largest absolute Gasteiger partial charge is 0.330 e. The standard InChI is InChI=1S/C16H18F2N2O/c17-16(18)9-20(10-16)15(21)14-12-7-19(8-13(12)14)6-11-4-2-1-3-5-11/h1-5,12-14H,6-10H2. The highest BCUT2D eigenvalue weighted by Gasteiger charge is 2.62. The molecule has 21 heavy (non-hydrogen) atoms. The zero-order valence-electron chi connectivity index (χ0n) is 11.7. The van der Waals surface area contributed by atoms with Gasteiger partial charge in [0.15, 0.2) is 0 Å². The minimum absolute atomic E-state index is 0.00752. The molecule has 0 radical (unpaired) electrons. The van der Waals surface area contributed by atoms with Gasteiger partial charge in [0.25, 0.3) is 5.92 Å². The van der Waals surface area contributed by atoms with Crippen LogP contribution in [0.3, 0.4) is 0 Å². The third-order valence-electron chi connectivity index (χ3n) is 4.96. The number of carbonyl (C=O) groups is 1. The van der Waals surface area contributed by atoms with Crippen LogP contribution in [0.5, 0.6) is 0 Å². The van der Waals surface area contributed by atoms with E-state index in [4.69, 9.17) is 0 Å². The molecule has 2 saturated heterocycles. The van der Waals surface area contributed by atoms with Gasteiger partial charge >= 0.3 is 0 Å². The fourth-order valence-corrected chi connectivity index (χ4v) is 3.83. The lowest BCUT2D eigenvalue weighted by Crippen LogP contribution is -2.59. The van der Waals surface area contributed by atoms with Crippen molar-refractivity contribution in [2.45, 2.75) is 12.5 Å². The van der Waals surface area contributed by atoms with Gasteiger partial charge in [-0.05, 0) is 17.4 Å². The summed E-state index contributed by atoms with van der Waals surface area (Å²) in [6.07, 6.45) is 0. The molecule has 5 heteroatoms. The highest BCUT2D eigenvalue weighted by Crippen LogP contribution is 2.53. The van der Waals surface area contributed by atoms with Crippen LogP contribution in [0, 0.1) is 17.8 Å². The maximum Gasteiger partial charge on any atom is 0.282 e. The van der Waals surface area contributed by atoms with Gasteiger partial charge in [0, 0.05) is 25.6 Å². The Bertz CT molecular complexity index is 543. The van der Waals surface area contributed by atoms with Gasteiger partial charge in [-0.1, -0.05) is 30.3 Å². The van der Waals surface area contributed by atoms with Crippen LogP contribution in [0.1, 0.15) is 5.56 Å². The Morgan fingerprint density at radius 1 is 1.14 bits per heavy atom. The minimum Gasteiger partial charge on any atom is -0.330 e. The van der Waals surface area contributed by atoms with Crippen molar-refractivity contribution in [1.29, 1.82) is 0 Å². The van der Waals surface area contributed by atoms with Gasteiger partial charge in [-0.3, -0.25) is 9.69 Å². The van der Waals surface area contributed by atoms with E-state index in [0.29, 0.717) is 11.8 Å². The van der Waals surface area contributed by atoms with Crippen LogP contribution in [-0.4, -0.2) is 47.8 Å². The Hall–Kier alpha value is -1.49. The molecule has 4 rings (SSSR count). The lowest BCUT2D eigenvalue weighted by Gasteiger charge is -2.39. The van der Waals surface area contributed by atoms with Gasteiger partial charge in [0.2, 0.25) is 5.91 Å². The number of likely N-dealkylation sites (tertiary alicyclic amines) is 2. The predicted octanol–water partition coefficient (Wildman–Crippen LogP) is 1.84. The molecule has 2 atom stereocenters. The highest BCUT2D eigenvalue weighted by molar-refractivity contribution is 5.83. The molecule has 0 spiro atoms. The predicted molar refractivity (Wildman–Crippen MR) is 73.7 cm³/mol. The average molecular weight is 292 g/mol. The molecule has 1 aromatic rings. The third kappa shape index (κ3) is 2.33. The lowest BCUT2D eigenvalue weighted by molar-refractivity contribution is -0.167. The average Bonchev–Trinajstić information content (AvgIpc) is 2.93. The first kappa shape index (κ1) is 13.2. The molecule has 1 amide bonds. The second-order valence-corrected chi connectivity index (χ2v) is 6.58. The number of hydrogen-bond donors (Lipinski definition) is 0. The molecule has 0 aromatic heterocycles. The van der Waals surface area contributed by atoms with E-state index in [1.807, 2.05) is 18.2 Å². The van der Waals surface area contributed by atoms with Gasteiger partial charge in [0.05, 0.1) is 13.1 Å². The summed E-state index contributed by atoms with van der Waals surface area (Å²) >= 11 is 0.